The van der Waals surface area contributed by atoms with Crippen molar-refractivity contribution in [3.05, 3.63) is 54.1 Å². The summed E-state index contributed by atoms with van der Waals surface area (Å²) in [4.78, 5) is 25.5. The van der Waals surface area contributed by atoms with Crippen LogP contribution in [0.1, 0.15) is 18.1 Å². The van der Waals surface area contributed by atoms with E-state index >= 15 is 0 Å². The number of nitrogens with two attached hydrogens (primary N) is 1. The van der Waals surface area contributed by atoms with Gasteiger partial charge in [0.15, 0.2) is 12.4 Å². The first-order chi connectivity index (χ1) is 15.7. The lowest BCUT2D eigenvalue weighted by atomic mass is 10.2. The molecule has 0 saturated heterocycles. The summed E-state index contributed by atoms with van der Waals surface area (Å²) in [6, 6.07) is 12.1. The molecule has 4 aromatic rings. The van der Waals surface area contributed by atoms with Crippen LogP contribution < -0.4 is 5.73 Å². The molecule has 0 unspecified atom stereocenters. The summed E-state index contributed by atoms with van der Waals surface area (Å²) in [5, 5.41) is 0.746. The van der Waals surface area contributed by atoms with E-state index in [0.29, 0.717) is 34.9 Å². The standard InChI is InChI=1S/C22H24N6O4S/c1-27(2)33(30,31)14-8-9-18-17(12-14)25-20(28(18)3)10-11-21(29)32-13-19-24-16-7-5-4-6-15(16)22(23)26-19/h4-9,12H,10-11,13H2,1-3H3,(H2,23,24,26). The van der Waals surface area contributed by atoms with Gasteiger partial charge in [-0.25, -0.2) is 27.7 Å². The van der Waals surface area contributed by atoms with Gasteiger partial charge in [0, 0.05) is 33.0 Å². The van der Waals surface area contributed by atoms with E-state index in [1.165, 1.54) is 20.2 Å². The van der Waals surface area contributed by atoms with Gasteiger partial charge in [-0.1, -0.05) is 12.1 Å². The Morgan fingerprint density at radius 1 is 1.09 bits per heavy atom. The van der Waals surface area contributed by atoms with Crippen LogP contribution in [0.25, 0.3) is 21.9 Å². The van der Waals surface area contributed by atoms with Crippen LogP contribution in [0.5, 0.6) is 0 Å². The van der Waals surface area contributed by atoms with Crippen LogP contribution in [0, 0.1) is 0 Å². The van der Waals surface area contributed by atoms with E-state index in [-0.39, 0.29) is 17.9 Å². The molecule has 10 nitrogen and oxygen atoms in total. The zero-order chi connectivity index (χ0) is 23.8. The lowest BCUT2D eigenvalue weighted by Crippen LogP contribution is -2.22. The molecule has 172 valence electrons. The number of esters is 1. The average molecular weight is 469 g/mol. The number of rotatable bonds is 7. The smallest absolute Gasteiger partial charge is 0.306 e. The lowest BCUT2D eigenvalue weighted by Gasteiger charge is -2.10. The third-order valence-corrected chi connectivity index (χ3v) is 7.13. The van der Waals surface area contributed by atoms with Gasteiger partial charge in [0.25, 0.3) is 0 Å². The Labute approximate surface area is 191 Å². The Hall–Kier alpha value is -3.57. The monoisotopic (exact) mass is 468 g/mol. The molecule has 0 amide bonds. The number of nitrogen functional groups attached to an aromatic ring is 1. The number of ether oxygens (including phenoxy) is 1. The van der Waals surface area contributed by atoms with Crippen LogP contribution in [-0.4, -0.2) is 52.3 Å². The summed E-state index contributed by atoms with van der Waals surface area (Å²) in [6.45, 7) is -0.0812. The minimum atomic E-state index is -3.56. The van der Waals surface area contributed by atoms with Crippen molar-refractivity contribution in [1.82, 2.24) is 23.8 Å². The van der Waals surface area contributed by atoms with Gasteiger partial charge in [0.05, 0.1) is 27.9 Å². The van der Waals surface area contributed by atoms with Gasteiger partial charge in [-0.15, -0.1) is 0 Å². The Morgan fingerprint density at radius 2 is 1.85 bits per heavy atom. The topological polar surface area (TPSA) is 133 Å². The number of aromatic nitrogens is 4. The molecule has 0 aliphatic rings. The number of carbonyl (C=O) groups excluding carboxylic acids is 1. The SMILES string of the molecule is CN(C)S(=O)(=O)c1ccc2c(c1)nc(CCC(=O)OCc1nc(N)c3ccccc3n1)n2C. The van der Waals surface area contributed by atoms with E-state index in [9.17, 15) is 13.2 Å². The minimum Gasteiger partial charge on any atom is -0.457 e. The molecule has 0 atom stereocenters. The number of hydrogen-bond acceptors (Lipinski definition) is 8. The number of anilines is 1. The quantitative estimate of drug-likeness (QED) is 0.407. The third kappa shape index (κ3) is 4.50. The molecule has 2 aromatic carbocycles. The fraction of sp³-hybridized carbons (Fsp3) is 0.273. The van der Waals surface area contributed by atoms with Crippen molar-refractivity contribution in [2.24, 2.45) is 7.05 Å². The molecule has 0 spiro atoms. The molecule has 2 N–H and O–H groups in total. The Morgan fingerprint density at radius 3 is 2.61 bits per heavy atom. The molecule has 0 radical (unpaired) electrons. The van der Waals surface area contributed by atoms with Crippen molar-refractivity contribution in [1.29, 1.82) is 0 Å². The van der Waals surface area contributed by atoms with Crippen LogP contribution in [0.2, 0.25) is 0 Å². The van der Waals surface area contributed by atoms with Gasteiger partial charge in [0.1, 0.15) is 11.6 Å². The Bertz CT molecular complexity index is 1460. The van der Waals surface area contributed by atoms with Crippen LogP contribution >= 0.6 is 0 Å². The molecular weight excluding hydrogens is 444 g/mol. The zero-order valence-electron chi connectivity index (χ0n) is 18.5. The number of benzene rings is 2. The van der Waals surface area contributed by atoms with Crippen LogP contribution in [0.4, 0.5) is 5.82 Å². The number of aryl methyl sites for hydroxylation is 2. The summed E-state index contributed by atoms with van der Waals surface area (Å²) in [5.41, 5.74) is 7.97. The number of hydrogen-bond donors (Lipinski definition) is 1. The van der Waals surface area contributed by atoms with Gasteiger partial charge < -0.3 is 15.0 Å². The number of fused-ring (bicyclic) bond motifs is 2. The highest BCUT2D eigenvalue weighted by atomic mass is 32.2. The second-order valence-electron chi connectivity index (χ2n) is 7.73. The normalized spacial score (nSPS) is 12.0. The van der Waals surface area contributed by atoms with Gasteiger partial charge >= 0.3 is 5.97 Å². The second kappa shape index (κ2) is 8.75. The average Bonchev–Trinajstić information content (AvgIpc) is 3.11. The number of carbonyl (C=O) groups is 1. The first-order valence-corrected chi connectivity index (χ1v) is 11.7. The number of sulfonamides is 1. The van der Waals surface area contributed by atoms with Gasteiger partial charge in [-0.05, 0) is 30.3 Å². The van der Waals surface area contributed by atoms with E-state index in [4.69, 9.17) is 10.5 Å². The molecule has 0 aliphatic heterocycles. The maximum atomic E-state index is 12.4. The third-order valence-electron chi connectivity index (χ3n) is 5.32. The highest BCUT2D eigenvalue weighted by Gasteiger charge is 2.19. The largest absolute Gasteiger partial charge is 0.457 e. The van der Waals surface area contributed by atoms with Crippen molar-refractivity contribution in [3.8, 4) is 0 Å². The van der Waals surface area contributed by atoms with Crippen LogP contribution in [-0.2, 0) is 39.6 Å². The highest BCUT2D eigenvalue weighted by molar-refractivity contribution is 7.89. The van der Waals surface area contributed by atoms with Crippen LogP contribution in [0.15, 0.2) is 47.4 Å². The predicted octanol–water partition coefficient (Wildman–Crippen LogP) is 2.02. The summed E-state index contributed by atoms with van der Waals surface area (Å²) in [5.74, 6) is 0.889. The van der Waals surface area contributed by atoms with E-state index < -0.39 is 16.0 Å². The Kier molecular flexibility index (Phi) is 6.00. The molecule has 11 heteroatoms. The van der Waals surface area contributed by atoms with Gasteiger partial charge in [-0.3, -0.25) is 4.79 Å². The maximum Gasteiger partial charge on any atom is 0.306 e. The van der Waals surface area contributed by atoms with E-state index in [1.54, 1.807) is 12.1 Å². The fourth-order valence-corrected chi connectivity index (χ4v) is 4.39. The molecule has 2 aromatic heterocycles. The number of imidazole rings is 1. The van der Waals surface area contributed by atoms with Crippen molar-refractivity contribution in [2.45, 2.75) is 24.3 Å². The molecular formula is C22H24N6O4S. The van der Waals surface area contributed by atoms with Crippen molar-refractivity contribution in [3.63, 3.8) is 0 Å². The molecule has 2 heterocycles. The van der Waals surface area contributed by atoms with E-state index in [0.717, 1.165) is 15.2 Å². The van der Waals surface area contributed by atoms with Crippen molar-refractivity contribution in [2.75, 3.05) is 19.8 Å². The summed E-state index contributed by atoms with van der Waals surface area (Å²) in [6.07, 6.45) is 0.434. The molecule has 0 saturated carbocycles. The van der Waals surface area contributed by atoms with Crippen LogP contribution in [0.3, 0.4) is 0 Å². The second-order valence-corrected chi connectivity index (χ2v) is 9.88. The fourth-order valence-electron chi connectivity index (χ4n) is 3.47. The molecule has 33 heavy (non-hydrogen) atoms. The minimum absolute atomic E-state index is 0.0812. The highest BCUT2D eigenvalue weighted by Crippen LogP contribution is 2.22. The van der Waals surface area contributed by atoms with E-state index in [2.05, 4.69) is 15.0 Å². The Balaban J connectivity index is 1.43. The summed E-state index contributed by atoms with van der Waals surface area (Å²) in [7, 11) is 1.22. The van der Waals surface area contributed by atoms with Gasteiger partial charge in [-0.2, -0.15) is 0 Å². The van der Waals surface area contributed by atoms with Gasteiger partial charge in [0.2, 0.25) is 10.0 Å². The maximum absolute atomic E-state index is 12.4. The molecule has 0 fully saturated rings. The number of para-hydroxylation sites is 1. The van der Waals surface area contributed by atoms with Crippen molar-refractivity contribution < 1.29 is 17.9 Å². The molecule has 0 aliphatic carbocycles. The summed E-state index contributed by atoms with van der Waals surface area (Å²) >= 11 is 0. The predicted molar refractivity (Wildman–Crippen MR) is 124 cm³/mol. The van der Waals surface area contributed by atoms with Crippen molar-refractivity contribution >= 4 is 43.7 Å². The zero-order valence-corrected chi connectivity index (χ0v) is 19.3. The molecule has 4 rings (SSSR count). The lowest BCUT2D eigenvalue weighted by molar-refractivity contribution is -0.145. The van der Waals surface area contributed by atoms with E-state index in [1.807, 2.05) is 35.9 Å². The first kappa shape index (κ1) is 22.6. The first-order valence-electron chi connectivity index (χ1n) is 10.2. The summed E-state index contributed by atoms with van der Waals surface area (Å²) < 4.78 is 33.1. The molecule has 0 bridgehead atoms. The number of nitrogens with zero attached hydrogens (tertiary/aromatic N) is 5.